The van der Waals surface area contributed by atoms with E-state index < -0.39 is 0 Å². The highest BCUT2D eigenvalue weighted by atomic mass is 32.2. The maximum absolute atomic E-state index is 2.53. The summed E-state index contributed by atoms with van der Waals surface area (Å²) in [5.41, 5.74) is 0. The lowest BCUT2D eigenvalue weighted by Gasteiger charge is -2.28. The predicted molar refractivity (Wildman–Crippen MR) is 52.7 cm³/mol. The Morgan fingerprint density at radius 3 is 2.55 bits per heavy atom. The Morgan fingerprint density at radius 1 is 1.36 bits per heavy atom. The molecule has 1 saturated heterocycles. The normalized spacial score (nSPS) is 22.4. The summed E-state index contributed by atoms with van der Waals surface area (Å²) < 4.78 is 2.53. The van der Waals surface area contributed by atoms with Crippen LogP contribution < -0.4 is 0 Å². The number of hydrogen-bond acceptors (Lipinski definition) is 2. The molecule has 0 saturated carbocycles. The van der Waals surface area contributed by atoms with Gasteiger partial charge in [-0.05, 0) is 25.2 Å². The number of piperidine rings is 1. The number of rotatable bonds is 3. The van der Waals surface area contributed by atoms with Crippen LogP contribution in [0.2, 0.25) is 0 Å². The highest BCUT2D eigenvalue weighted by molar-refractivity contribution is 7.97. The molecule has 1 nitrogen and oxygen atoms in total. The Morgan fingerprint density at radius 2 is 2.00 bits per heavy atom. The minimum atomic E-state index is 0.966. The van der Waals surface area contributed by atoms with E-state index in [9.17, 15) is 0 Å². The van der Waals surface area contributed by atoms with Crippen molar-refractivity contribution in [3.8, 4) is 0 Å². The van der Waals surface area contributed by atoms with Crippen molar-refractivity contribution < 1.29 is 0 Å². The van der Waals surface area contributed by atoms with Crippen LogP contribution in [-0.4, -0.2) is 23.1 Å². The van der Waals surface area contributed by atoms with Gasteiger partial charge in [0.15, 0.2) is 0 Å². The van der Waals surface area contributed by atoms with Gasteiger partial charge in [0, 0.05) is 18.8 Å². The first kappa shape index (κ1) is 9.40. The van der Waals surface area contributed by atoms with E-state index >= 15 is 0 Å². The molecule has 0 atom stereocenters. The van der Waals surface area contributed by atoms with Crippen LogP contribution in [0.25, 0.3) is 0 Å². The summed E-state index contributed by atoms with van der Waals surface area (Å²) in [6.45, 7) is 7.24. The maximum Gasteiger partial charge on any atom is 0.00918 e. The first-order valence-electron chi connectivity index (χ1n) is 4.70. The van der Waals surface area contributed by atoms with E-state index in [1.807, 2.05) is 11.9 Å². The Kier molecular flexibility index (Phi) is 4.31. The van der Waals surface area contributed by atoms with Crippen molar-refractivity contribution in [1.29, 1.82) is 0 Å². The van der Waals surface area contributed by atoms with Crippen LogP contribution in [0, 0.1) is 5.92 Å². The molecule has 0 aliphatic carbocycles. The zero-order valence-electron chi connectivity index (χ0n) is 7.68. The maximum atomic E-state index is 2.53. The van der Waals surface area contributed by atoms with Gasteiger partial charge in [-0.15, -0.1) is 0 Å². The third-order valence-corrected chi connectivity index (χ3v) is 3.54. The van der Waals surface area contributed by atoms with E-state index in [2.05, 4.69) is 18.2 Å². The third kappa shape index (κ3) is 3.48. The fraction of sp³-hybridized carbons (Fsp3) is 1.00. The number of hydrogen-bond donors (Lipinski definition) is 0. The van der Waals surface area contributed by atoms with Crippen molar-refractivity contribution in [3.63, 3.8) is 0 Å². The van der Waals surface area contributed by atoms with E-state index in [1.165, 1.54) is 38.1 Å². The van der Waals surface area contributed by atoms with Crippen molar-refractivity contribution in [1.82, 2.24) is 4.31 Å². The van der Waals surface area contributed by atoms with Crippen molar-refractivity contribution in [2.24, 2.45) is 5.92 Å². The molecule has 0 aromatic heterocycles. The zero-order valence-corrected chi connectivity index (χ0v) is 8.49. The van der Waals surface area contributed by atoms with Gasteiger partial charge >= 0.3 is 0 Å². The molecule has 0 spiro atoms. The molecule has 11 heavy (non-hydrogen) atoms. The molecule has 1 aliphatic rings. The van der Waals surface area contributed by atoms with Crippen LogP contribution in [0.15, 0.2) is 0 Å². The largest absolute Gasteiger partial charge is 0.251 e. The van der Waals surface area contributed by atoms with Gasteiger partial charge in [0.25, 0.3) is 0 Å². The molecule has 0 N–H and O–H groups in total. The van der Waals surface area contributed by atoms with Gasteiger partial charge in [-0.3, -0.25) is 4.31 Å². The van der Waals surface area contributed by atoms with Crippen LogP contribution in [0.3, 0.4) is 0 Å². The van der Waals surface area contributed by atoms with Crippen molar-refractivity contribution in [3.05, 3.63) is 0 Å². The summed E-state index contributed by atoms with van der Waals surface area (Å²) in [7, 11) is 0. The van der Waals surface area contributed by atoms with Crippen molar-refractivity contribution in [2.45, 2.75) is 33.1 Å². The fourth-order valence-electron chi connectivity index (χ4n) is 1.33. The molecule has 1 heterocycles. The van der Waals surface area contributed by atoms with E-state index in [4.69, 9.17) is 0 Å². The molecule has 0 aromatic rings. The minimum Gasteiger partial charge on any atom is -0.251 e. The quantitative estimate of drug-likeness (QED) is 0.604. The highest BCUT2D eigenvalue weighted by Gasteiger charge is 2.14. The molecular weight excluding hydrogens is 154 g/mol. The highest BCUT2D eigenvalue weighted by Crippen LogP contribution is 2.22. The molecule has 0 radical (unpaired) electrons. The van der Waals surface area contributed by atoms with Crippen molar-refractivity contribution in [2.75, 3.05) is 18.8 Å². The standard InChI is InChI=1S/C9H19NS/c1-3-8-11-10-6-4-9(2)5-7-10/h9H,3-8H2,1-2H3. The Bertz CT molecular complexity index is 95.0. The lowest BCUT2D eigenvalue weighted by Crippen LogP contribution is -2.27. The summed E-state index contributed by atoms with van der Waals surface area (Å²) in [6, 6.07) is 0. The predicted octanol–water partition coefficient (Wildman–Crippen LogP) is 2.78. The minimum absolute atomic E-state index is 0.966. The van der Waals surface area contributed by atoms with Gasteiger partial charge in [0.2, 0.25) is 0 Å². The topological polar surface area (TPSA) is 3.24 Å². The Labute approximate surface area is 74.7 Å². The molecule has 1 fully saturated rings. The van der Waals surface area contributed by atoms with Crippen molar-refractivity contribution >= 4 is 11.9 Å². The van der Waals surface area contributed by atoms with Gasteiger partial charge in [-0.25, -0.2) is 0 Å². The van der Waals surface area contributed by atoms with Crippen LogP contribution in [0.1, 0.15) is 33.1 Å². The lowest BCUT2D eigenvalue weighted by molar-refractivity contribution is 0.308. The van der Waals surface area contributed by atoms with Gasteiger partial charge < -0.3 is 0 Å². The van der Waals surface area contributed by atoms with Gasteiger partial charge in [0.05, 0.1) is 0 Å². The summed E-state index contributed by atoms with van der Waals surface area (Å²) in [6.07, 6.45) is 4.10. The van der Waals surface area contributed by atoms with E-state index in [1.54, 1.807) is 0 Å². The molecule has 0 bridgehead atoms. The summed E-state index contributed by atoms with van der Waals surface area (Å²) in [4.78, 5) is 0. The second kappa shape index (κ2) is 5.04. The van der Waals surface area contributed by atoms with E-state index in [-0.39, 0.29) is 0 Å². The molecule has 1 rings (SSSR count). The number of nitrogens with zero attached hydrogens (tertiary/aromatic N) is 1. The van der Waals surface area contributed by atoms with E-state index in [0.717, 1.165) is 5.92 Å². The molecule has 0 aromatic carbocycles. The molecule has 2 heteroatoms. The molecular formula is C9H19NS. The Balaban J connectivity index is 2.07. The second-order valence-electron chi connectivity index (χ2n) is 3.44. The molecule has 66 valence electrons. The smallest absolute Gasteiger partial charge is 0.00918 e. The van der Waals surface area contributed by atoms with Crippen LogP contribution in [-0.2, 0) is 0 Å². The molecule has 0 amide bonds. The zero-order chi connectivity index (χ0) is 8.10. The SMILES string of the molecule is CCCSN1CCC(C)CC1. The molecule has 1 aliphatic heterocycles. The van der Waals surface area contributed by atoms with Crippen LogP contribution in [0.5, 0.6) is 0 Å². The van der Waals surface area contributed by atoms with Gasteiger partial charge in [-0.2, -0.15) is 0 Å². The lowest BCUT2D eigenvalue weighted by atomic mass is 10.0. The van der Waals surface area contributed by atoms with Crippen LogP contribution >= 0.6 is 11.9 Å². The van der Waals surface area contributed by atoms with Gasteiger partial charge in [0.1, 0.15) is 0 Å². The average molecular weight is 173 g/mol. The summed E-state index contributed by atoms with van der Waals surface area (Å²) in [5, 5.41) is 0. The van der Waals surface area contributed by atoms with Gasteiger partial charge in [-0.1, -0.05) is 25.8 Å². The average Bonchev–Trinajstić information content (AvgIpc) is 2.04. The second-order valence-corrected chi connectivity index (χ2v) is 4.63. The monoisotopic (exact) mass is 173 g/mol. The Hall–Kier alpha value is 0.310. The van der Waals surface area contributed by atoms with E-state index in [0.29, 0.717) is 0 Å². The fourth-order valence-corrected chi connectivity index (χ4v) is 2.24. The first-order chi connectivity index (χ1) is 5.33. The third-order valence-electron chi connectivity index (χ3n) is 2.22. The molecule has 0 unspecified atom stereocenters. The van der Waals surface area contributed by atoms with Crippen LogP contribution in [0.4, 0.5) is 0 Å². The first-order valence-corrected chi connectivity index (χ1v) is 5.65. The summed E-state index contributed by atoms with van der Waals surface area (Å²) >= 11 is 2.03. The summed E-state index contributed by atoms with van der Waals surface area (Å²) in [5.74, 6) is 2.27.